The van der Waals surface area contributed by atoms with Gasteiger partial charge in [0.25, 0.3) is 0 Å². The van der Waals surface area contributed by atoms with E-state index < -0.39 is 17.8 Å². The highest BCUT2D eigenvalue weighted by molar-refractivity contribution is 5.88. The normalized spacial score (nSPS) is 26.2. The van der Waals surface area contributed by atoms with E-state index in [1.54, 1.807) is 4.90 Å². The Morgan fingerprint density at radius 2 is 1.71 bits per heavy atom. The standard InChI is InChI=1S/C14H23N3O4/c18-12(17-7-5-15-6-8-17)9-16-13(19)10-3-1-2-4-11(10)14(20)21/h10-11,15H,1-9H2,(H,16,19)(H,20,21). The Balaban J connectivity index is 1.82. The number of nitrogens with one attached hydrogen (secondary N) is 2. The first-order valence-corrected chi connectivity index (χ1v) is 7.58. The van der Waals surface area contributed by atoms with Crippen LogP contribution in [0.25, 0.3) is 0 Å². The zero-order valence-corrected chi connectivity index (χ0v) is 12.1. The highest BCUT2D eigenvalue weighted by Gasteiger charge is 2.35. The largest absolute Gasteiger partial charge is 0.481 e. The van der Waals surface area contributed by atoms with E-state index in [1.165, 1.54) is 0 Å². The SMILES string of the molecule is O=C(O)C1CCCCC1C(=O)NCC(=O)N1CCNCC1. The molecule has 2 rings (SSSR count). The van der Waals surface area contributed by atoms with Crippen molar-refractivity contribution in [3.05, 3.63) is 0 Å². The number of carboxylic acids is 1. The van der Waals surface area contributed by atoms with Crippen LogP contribution in [0.1, 0.15) is 25.7 Å². The number of carbonyl (C=O) groups excluding carboxylic acids is 2. The van der Waals surface area contributed by atoms with Crippen molar-refractivity contribution in [2.24, 2.45) is 11.8 Å². The molecule has 0 spiro atoms. The number of hydrogen-bond acceptors (Lipinski definition) is 4. The minimum Gasteiger partial charge on any atom is -0.481 e. The summed E-state index contributed by atoms with van der Waals surface area (Å²) in [6.07, 6.45) is 2.85. The Kier molecular flexibility index (Phi) is 5.55. The van der Waals surface area contributed by atoms with Gasteiger partial charge in [-0.05, 0) is 12.8 Å². The molecule has 3 N–H and O–H groups in total. The maximum absolute atomic E-state index is 12.1. The number of carboxylic acid groups (broad SMARTS) is 1. The second kappa shape index (κ2) is 7.40. The number of nitrogens with zero attached hydrogens (tertiary/aromatic N) is 1. The maximum Gasteiger partial charge on any atom is 0.307 e. The first kappa shape index (κ1) is 15.8. The van der Waals surface area contributed by atoms with E-state index in [4.69, 9.17) is 0 Å². The van der Waals surface area contributed by atoms with Crippen molar-refractivity contribution in [2.45, 2.75) is 25.7 Å². The summed E-state index contributed by atoms with van der Waals surface area (Å²) in [5.41, 5.74) is 0. The molecule has 118 valence electrons. The molecule has 7 heteroatoms. The predicted molar refractivity (Wildman–Crippen MR) is 75.5 cm³/mol. The topological polar surface area (TPSA) is 98.7 Å². The van der Waals surface area contributed by atoms with Gasteiger partial charge in [0.1, 0.15) is 0 Å². The van der Waals surface area contributed by atoms with Crippen molar-refractivity contribution in [1.82, 2.24) is 15.5 Å². The molecule has 2 atom stereocenters. The predicted octanol–water partition coefficient (Wildman–Crippen LogP) is -0.575. The fraction of sp³-hybridized carbons (Fsp3) is 0.786. The molecule has 1 saturated heterocycles. The summed E-state index contributed by atoms with van der Waals surface area (Å²) in [5, 5.41) is 15.0. The van der Waals surface area contributed by atoms with Crippen molar-refractivity contribution in [3.63, 3.8) is 0 Å². The van der Waals surface area contributed by atoms with Crippen LogP contribution in [0.3, 0.4) is 0 Å². The van der Waals surface area contributed by atoms with Gasteiger partial charge in [-0.25, -0.2) is 0 Å². The van der Waals surface area contributed by atoms with E-state index in [0.717, 1.165) is 25.9 Å². The van der Waals surface area contributed by atoms with Crippen LogP contribution in [-0.4, -0.2) is 60.5 Å². The van der Waals surface area contributed by atoms with Crippen LogP contribution >= 0.6 is 0 Å². The van der Waals surface area contributed by atoms with Gasteiger partial charge in [-0.3, -0.25) is 14.4 Å². The van der Waals surface area contributed by atoms with Crippen molar-refractivity contribution >= 4 is 17.8 Å². The van der Waals surface area contributed by atoms with Crippen molar-refractivity contribution < 1.29 is 19.5 Å². The summed E-state index contributed by atoms with van der Waals surface area (Å²) in [7, 11) is 0. The lowest BCUT2D eigenvalue weighted by molar-refractivity contribution is -0.149. The van der Waals surface area contributed by atoms with Gasteiger partial charge in [0.15, 0.2) is 0 Å². The molecular formula is C14H23N3O4. The van der Waals surface area contributed by atoms with Crippen molar-refractivity contribution in [1.29, 1.82) is 0 Å². The maximum atomic E-state index is 12.1. The second-order valence-corrected chi connectivity index (χ2v) is 5.68. The third-order valence-electron chi connectivity index (χ3n) is 4.30. The van der Waals surface area contributed by atoms with E-state index in [1.807, 2.05) is 0 Å². The monoisotopic (exact) mass is 297 g/mol. The molecule has 0 aromatic rings. The molecule has 0 bridgehead atoms. The first-order valence-electron chi connectivity index (χ1n) is 7.58. The number of rotatable bonds is 4. The average molecular weight is 297 g/mol. The van der Waals surface area contributed by atoms with E-state index in [0.29, 0.717) is 25.9 Å². The average Bonchev–Trinajstić information content (AvgIpc) is 2.53. The van der Waals surface area contributed by atoms with E-state index in [9.17, 15) is 19.5 Å². The molecule has 2 amide bonds. The summed E-state index contributed by atoms with van der Waals surface area (Å²) in [5.74, 6) is -2.44. The Morgan fingerprint density at radius 1 is 1.10 bits per heavy atom. The lowest BCUT2D eigenvalue weighted by Gasteiger charge is -2.29. The molecule has 1 heterocycles. The number of amides is 2. The van der Waals surface area contributed by atoms with Gasteiger partial charge in [-0.2, -0.15) is 0 Å². The minimum atomic E-state index is -0.914. The number of carbonyl (C=O) groups is 3. The van der Waals surface area contributed by atoms with Gasteiger partial charge < -0.3 is 20.6 Å². The lowest BCUT2D eigenvalue weighted by Crippen LogP contribution is -2.50. The zero-order chi connectivity index (χ0) is 15.2. The number of piperazine rings is 1. The van der Waals surface area contributed by atoms with Gasteiger partial charge in [-0.1, -0.05) is 12.8 Å². The second-order valence-electron chi connectivity index (χ2n) is 5.68. The van der Waals surface area contributed by atoms with E-state index in [-0.39, 0.29) is 18.4 Å². The Morgan fingerprint density at radius 3 is 2.33 bits per heavy atom. The van der Waals surface area contributed by atoms with Crippen LogP contribution in [0.15, 0.2) is 0 Å². The van der Waals surface area contributed by atoms with Crippen LogP contribution in [0.5, 0.6) is 0 Å². The molecule has 2 fully saturated rings. The summed E-state index contributed by atoms with van der Waals surface area (Å²) in [4.78, 5) is 37.0. The molecule has 1 aliphatic heterocycles. The van der Waals surface area contributed by atoms with Gasteiger partial charge >= 0.3 is 5.97 Å². The third-order valence-corrected chi connectivity index (χ3v) is 4.30. The van der Waals surface area contributed by atoms with Crippen molar-refractivity contribution in [3.8, 4) is 0 Å². The molecule has 2 aliphatic rings. The number of aliphatic carboxylic acids is 1. The highest BCUT2D eigenvalue weighted by atomic mass is 16.4. The molecule has 2 unspecified atom stereocenters. The van der Waals surface area contributed by atoms with E-state index >= 15 is 0 Å². The Bertz CT molecular complexity index is 407. The van der Waals surface area contributed by atoms with Gasteiger partial charge in [0.05, 0.1) is 18.4 Å². The van der Waals surface area contributed by atoms with Gasteiger partial charge in [0.2, 0.25) is 11.8 Å². The smallest absolute Gasteiger partial charge is 0.307 e. The zero-order valence-electron chi connectivity index (χ0n) is 12.1. The van der Waals surface area contributed by atoms with Crippen molar-refractivity contribution in [2.75, 3.05) is 32.7 Å². The quantitative estimate of drug-likeness (QED) is 0.645. The Labute approximate surface area is 124 Å². The molecule has 0 aromatic heterocycles. The van der Waals surface area contributed by atoms with Crippen LogP contribution < -0.4 is 10.6 Å². The third kappa shape index (κ3) is 4.17. The molecule has 21 heavy (non-hydrogen) atoms. The highest BCUT2D eigenvalue weighted by Crippen LogP contribution is 2.30. The van der Waals surface area contributed by atoms with Gasteiger partial charge in [-0.15, -0.1) is 0 Å². The number of hydrogen-bond donors (Lipinski definition) is 3. The molecule has 1 saturated carbocycles. The summed E-state index contributed by atoms with van der Waals surface area (Å²) in [6, 6.07) is 0. The summed E-state index contributed by atoms with van der Waals surface area (Å²) >= 11 is 0. The van der Waals surface area contributed by atoms with Crippen LogP contribution in [0.4, 0.5) is 0 Å². The van der Waals surface area contributed by atoms with Gasteiger partial charge in [0, 0.05) is 26.2 Å². The molecule has 0 aromatic carbocycles. The molecular weight excluding hydrogens is 274 g/mol. The molecule has 0 radical (unpaired) electrons. The lowest BCUT2D eigenvalue weighted by atomic mass is 9.79. The fourth-order valence-corrected chi connectivity index (χ4v) is 3.06. The first-order chi connectivity index (χ1) is 10.1. The van der Waals surface area contributed by atoms with Crippen LogP contribution in [0.2, 0.25) is 0 Å². The summed E-state index contributed by atoms with van der Waals surface area (Å²) < 4.78 is 0. The molecule has 1 aliphatic carbocycles. The van der Waals surface area contributed by atoms with E-state index in [2.05, 4.69) is 10.6 Å². The fourth-order valence-electron chi connectivity index (χ4n) is 3.06. The minimum absolute atomic E-state index is 0.0400. The summed E-state index contributed by atoms with van der Waals surface area (Å²) in [6.45, 7) is 2.79. The van der Waals surface area contributed by atoms with Crippen LogP contribution in [0, 0.1) is 11.8 Å². The molecule has 7 nitrogen and oxygen atoms in total. The Hall–Kier alpha value is -1.63. The van der Waals surface area contributed by atoms with Crippen LogP contribution in [-0.2, 0) is 14.4 Å².